The van der Waals surface area contributed by atoms with Gasteiger partial charge in [-0.3, -0.25) is 13.9 Å². The molecule has 0 bridgehead atoms. The van der Waals surface area contributed by atoms with Gasteiger partial charge in [-0.05, 0) is 17.7 Å². The fraction of sp³-hybridized carbons (Fsp3) is 0.421. The van der Waals surface area contributed by atoms with Crippen molar-refractivity contribution in [2.24, 2.45) is 14.1 Å². The van der Waals surface area contributed by atoms with E-state index in [1.165, 1.54) is 23.7 Å². The van der Waals surface area contributed by atoms with E-state index in [0.717, 1.165) is 28.0 Å². The first-order valence-corrected chi connectivity index (χ1v) is 9.45. The smallest absolute Gasteiger partial charge is 0.332 e. The number of hydrogen-bond donors (Lipinski definition) is 4. The lowest BCUT2D eigenvalue weighted by atomic mass is 9.96. The summed E-state index contributed by atoms with van der Waals surface area (Å²) in [5.74, 6) is -0.419. The summed E-state index contributed by atoms with van der Waals surface area (Å²) in [5, 5.41) is 29.8. The molecule has 12 nitrogen and oxygen atoms in total. The zero-order chi connectivity index (χ0) is 20.9. The molecule has 13 heteroatoms. The second-order valence-electron chi connectivity index (χ2n) is 7.61. The molecule has 2 unspecified atom stereocenters. The van der Waals surface area contributed by atoms with Crippen LogP contribution in [0.25, 0.3) is 11.2 Å². The summed E-state index contributed by atoms with van der Waals surface area (Å²) in [7, 11) is 3.04. The summed E-state index contributed by atoms with van der Waals surface area (Å²) in [4.78, 5) is 29.9. The van der Waals surface area contributed by atoms with E-state index in [4.69, 9.17) is 0 Å². The van der Waals surface area contributed by atoms with Gasteiger partial charge in [0.15, 0.2) is 22.7 Å². The summed E-state index contributed by atoms with van der Waals surface area (Å²) in [6, 6.07) is 2.92. The molecule has 2 atom stereocenters. The Hall–Kier alpha value is -2.90. The molecule has 1 aliphatic heterocycles. The average Bonchev–Trinajstić information content (AvgIpc) is 3.10. The van der Waals surface area contributed by atoms with Gasteiger partial charge in [0, 0.05) is 32.6 Å². The van der Waals surface area contributed by atoms with Crippen LogP contribution in [0.4, 0.5) is 0 Å². The van der Waals surface area contributed by atoms with Crippen LogP contribution < -0.4 is 28.6 Å². The Balaban J connectivity index is 0.00000171. The third-order valence-electron chi connectivity index (χ3n) is 5.66. The Morgan fingerprint density at radius 1 is 1.12 bits per heavy atom. The van der Waals surface area contributed by atoms with Crippen LogP contribution in [0.5, 0.6) is 11.5 Å². The van der Waals surface area contributed by atoms with Crippen molar-refractivity contribution in [2.45, 2.75) is 25.6 Å². The number of halogens is 1. The molecule has 0 spiro atoms. The van der Waals surface area contributed by atoms with Crippen LogP contribution >= 0.6 is 0 Å². The molecule has 4 rings (SSSR count). The van der Waals surface area contributed by atoms with Gasteiger partial charge < -0.3 is 48.1 Å². The van der Waals surface area contributed by atoms with Crippen LogP contribution in [-0.2, 0) is 27.2 Å². The lowest BCUT2D eigenvalue weighted by Gasteiger charge is -2.29. The maximum absolute atomic E-state index is 12.5. The van der Waals surface area contributed by atoms with E-state index in [-0.39, 0.29) is 40.4 Å². The number of quaternary nitrogens is 1. The van der Waals surface area contributed by atoms with Gasteiger partial charge in [-0.1, -0.05) is 0 Å². The quantitative estimate of drug-likeness (QED) is 0.272. The summed E-state index contributed by atoms with van der Waals surface area (Å²) in [6.45, 7) is 2.42. The lowest BCUT2D eigenvalue weighted by molar-refractivity contribution is -0.920. The second kappa shape index (κ2) is 10.1. The Kier molecular flexibility index (Phi) is 8.60. The largest absolute Gasteiger partial charge is 1.00 e. The van der Waals surface area contributed by atoms with Crippen molar-refractivity contribution in [1.82, 2.24) is 18.7 Å². The maximum atomic E-state index is 12.5. The molecular formula is C19H28ClN5O7. The van der Waals surface area contributed by atoms with Gasteiger partial charge in [0.05, 0.1) is 12.9 Å². The standard InChI is InChI=1S/C19H23N5O5.ClH.2H2O/c1-21-17-16(18(28)22(2)19(21)29)24(10-20-17)5-3-4-23-8-11-6-13(25)14(26)7-12(11)15(27)9-23;;;/h6-7,10,15,25-27H,3-5,8-9H2,1-2H3;1H;2*1H2. The highest BCUT2D eigenvalue weighted by atomic mass is 35.5. The molecule has 0 saturated carbocycles. The predicted octanol–water partition coefficient (Wildman–Crippen LogP) is -6.28. The van der Waals surface area contributed by atoms with Gasteiger partial charge in [-0.2, -0.15) is 0 Å². The fourth-order valence-electron chi connectivity index (χ4n) is 4.08. The predicted molar refractivity (Wildman–Crippen MR) is 111 cm³/mol. The molecule has 0 saturated heterocycles. The number of hydrogen-bond acceptors (Lipinski definition) is 6. The molecule has 0 radical (unpaired) electrons. The molecule has 8 N–H and O–H groups in total. The van der Waals surface area contributed by atoms with Crippen molar-refractivity contribution in [3.8, 4) is 11.5 Å². The molecule has 3 heterocycles. The van der Waals surface area contributed by atoms with Crippen molar-refractivity contribution in [3.05, 3.63) is 50.4 Å². The number of aromatic nitrogens is 4. The number of aromatic hydroxyl groups is 2. The van der Waals surface area contributed by atoms with E-state index in [2.05, 4.69) is 4.98 Å². The first-order chi connectivity index (χ1) is 13.8. The monoisotopic (exact) mass is 473 g/mol. The number of fused-ring (bicyclic) bond motifs is 2. The van der Waals surface area contributed by atoms with Crippen molar-refractivity contribution in [1.29, 1.82) is 0 Å². The van der Waals surface area contributed by atoms with Gasteiger partial charge in [-0.25, -0.2) is 9.78 Å². The summed E-state index contributed by atoms with van der Waals surface area (Å²) in [5.41, 5.74) is 1.44. The van der Waals surface area contributed by atoms with Crippen LogP contribution in [0, 0.1) is 0 Å². The van der Waals surface area contributed by atoms with Gasteiger partial charge in [0.2, 0.25) is 0 Å². The maximum Gasteiger partial charge on any atom is 0.332 e. The van der Waals surface area contributed by atoms with Gasteiger partial charge >= 0.3 is 5.69 Å². The molecule has 1 aromatic carbocycles. The number of benzene rings is 1. The van der Waals surface area contributed by atoms with Crippen LogP contribution in [0.15, 0.2) is 28.0 Å². The third kappa shape index (κ3) is 4.49. The number of aryl methyl sites for hydroxylation is 2. The normalized spacial score (nSPS) is 17.1. The molecule has 2 aromatic heterocycles. The molecule has 32 heavy (non-hydrogen) atoms. The topological polar surface area (TPSA) is 190 Å². The lowest BCUT2D eigenvalue weighted by Crippen LogP contribution is -3.12. The van der Waals surface area contributed by atoms with Crippen molar-refractivity contribution < 1.29 is 43.6 Å². The minimum absolute atomic E-state index is 0. The minimum atomic E-state index is -0.712. The minimum Gasteiger partial charge on any atom is -1.00 e. The summed E-state index contributed by atoms with van der Waals surface area (Å²) < 4.78 is 4.19. The van der Waals surface area contributed by atoms with E-state index >= 15 is 0 Å². The molecule has 178 valence electrons. The number of phenols is 2. The number of phenolic OH excluding ortho intramolecular Hbond substituents is 2. The number of aliphatic hydroxyl groups is 1. The van der Waals surface area contributed by atoms with Gasteiger partial charge in [0.1, 0.15) is 19.2 Å². The van der Waals surface area contributed by atoms with Crippen LogP contribution in [0.3, 0.4) is 0 Å². The number of nitrogens with one attached hydrogen (secondary N) is 1. The first-order valence-electron chi connectivity index (χ1n) is 9.45. The Bertz CT molecular complexity index is 1220. The molecule has 0 fully saturated rings. The van der Waals surface area contributed by atoms with E-state index < -0.39 is 11.8 Å². The molecule has 1 aliphatic rings. The summed E-state index contributed by atoms with van der Waals surface area (Å²) >= 11 is 0. The van der Waals surface area contributed by atoms with Crippen molar-refractivity contribution >= 4 is 11.2 Å². The molecule has 0 aliphatic carbocycles. The number of rotatable bonds is 4. The highest BCUT2D eigenvalue weighted by Gasteiger charge is 2.28. The summed E-state index contributed by atoms with van der Waals surface area (Å²) in [6.07, 6.45) is 1.59. The molecular weight excluding hydrogens is 446 g/mol. The highest BCUT2D eigenvalue weighted by molar-refractivity contribution is 5.69. The van der Waals surface area contributed by atoms with Crippen molar-refractivity contribution in [3.63, 3.8) is 0 Å². The SMILES string of the molecule is Cn1c(=O)c2c(ncn2CCC[NH+]2Cc3cc(O)c(O)cc3C(O)C2)n(C)c1=O.O.O.[Cl-]. The number of imidazole rings is 1. The van der Waals surface area contributed by atoms with E-state index in [0.29, 0.717) is 36.4 Å². The van der Waals surface area contributed by atoms with Gasteiger partial charge in [-0.15, -0.1) is 0 Å². The third-order valence-corrected chi connectivity index (χ3v) is 5.66. The fourth-order valence-corrected chi connectivity index (χ4v) is 4.08. The van der Waals surface area contributed by atoms with E-state index in [1.807, 2.05) is 0 Å². The molecule has 0 amide bonds. The van der Waals surface area contributed by atoms with E-state index in [1.54, 1.807) is 17.9 Å². The van der Waals surface area contributed by atoms with Crippen LogP contribution in [0.2, 0.25) is 0 Å². The Labute approximate surface area is 188 Å². The van der Waals surface area contributed by atoms with E-state index in [9.17, 15) is 24.9 Å². The average molecular weight is 474 g/mol. The molecule has 3 aromatic rings. The van der Waals surface area contributed by atoms with Gasteiger partial charge in [0.25, 0.3) is 5.56 Å². The highest BCUT2D eigenvalue weighted by Crippen LogP contribution is 2.32. The zero-order valence-corrected chi connectivity index (χ0v) is 18.4. The number of nitrogens with zero attached hydrogens (tertiary/aromatic N) is 4. The zero-order valence-electron chi connectivity index (χ0n) is 17.7. The Morgan fingerprint density at radius 3 is 2.47 bits per heavy atom. The Morgan fingerprint density at radius 2 is 1.78 bits per heavy atom. The van der Waals surface area contributed by atoms with Crippen LogP contribution in [-0.4, -0.2) is 58.0 Å². The van der Waals surface area contributed by atoms with Crippen LogP contribution in [0.1, 0.15) is 23.7 Å². The second-order valence-corrected chi connectivity index (χ2v) is 7.61. The van der Waals surface area contributed by atoms with Crippen molar-refractivity contribution in [2.75, 3.05) is 13.1 Å². The number of aliphatic hydroxyl groups excluding tert-OH is 1. The first kappa shape index (κ1) is 27.1.